The molecule has 0 saturated carbocycles. The van der Waals surface area contributed by atoms with E-state index in [1.54, 1.807) is 6.92 Å². The molecule has 0 spiro atoms. The number of hydrogen-bond acceptors (Lipinski definition) is 2. The summed E-state index contributed by atoms with van der Waals surface area (Å²) in [6.45, 7) is 6.27. The standard InChI is InChI=1S/C6H13N3/c1-4-8-6(3)9-5(2)7/h4H2,1-3H3,(H2,7,8,9). The lowest BCUT2D eigenvalue weighted by Gasteiger charge is -1.99. The van der Waals surface area contributed by atoms with Gasteiger partial charge in [0.25, 0.3) is 0 Å². The molecule has 0 radical (unpaired) electrons. The highest BCUT2D eigenvalue weighted by Gasteiger charge is 1.86. The molecule has 0 aliphatic heterocycles. The number of nitrogens with one attached hydrogen (secondary N) is 2. The number of rotatable bonds is 1. The fourth-order valence-electron chi connectivity index (χ4n) is 0.548. The van der Waals surface area contributed by atoms with E-state index < -0.39 is 0 Å². The first-order valence-electron chi connectivity index (χ1n) is 3.00. The van der Waals surface area contributed by atoms with E-state index in [4.69, 9.17) is 5.41 Å². The molecule has 0 heterocycles. The molecule has 0 aliphatic carbocycles. The van der Waals surface area contributed by atoms with Crippen LogP contribution < -0.4 is 5.32 Å². The van der Waals surface area contributed by atoms with E-state index in [2.05, 4.69) is 10.3 Å². The van der Waals surface area contributed by atoms with E-state index in [1.165, 1.54) is 0 Å². The van der Waals surface area contributed by atoms with Crippen LogP contribution in [0, 0.1) is 5.41 Å². The van der Waals surface area contributed by atoms with Crippen molar-refractivity contribution in [2.45, 2.75) is 20.8 Å². The Bertz CT molecular complexity index is 126. The van der Waals surface area contributed by atoms with Gasteiger partial charge in [-0.25, -0.2) is 0 Å². The van der Waals surface area contributed by atoms with Gasteiger partial charge in [-0.15, -0.1) is 0 Å². The van der Waals surface area contributed by atoms with Crippen molar-refractivity contribution in [3.05, 3.63) is 0 Å². The van der Waals surface area contributed by atoms with Crippen molar-refractivity contribution in [3.63, 3.8) is 0 Å². The molecule has 9 heavy (non-hydrogen) atoms. The Kier molecular flexibility index (Phi) is 3.67. The Morgan fingerprint density at radius 2 is 2.11 bits per heavy atom. The molecule has 0 aromatic rings. The molecule has 0 fully saturated rings. The van der Waals surface area contributed by atoms with E-state index in [-0.39, 0.29) is 0 Å². The Labute approximate surface area is 55.7 Å². The summed E-state index contributed by atoms with van der Waals surface area (Å²) in [5.41, 5.74) is 0. The van der Waals surface area contributed by atoms with Gasteiger partial charge in [0.05, 0.1) is 11.7 Å². The minimum Gasteiger partial charge on any atom is -0.333 e. The molecule has 0 saturated heterocycles. The molecule has 0 aliphatic rings. The van der Waals surface area contributed by atoms with Gasteiger partial charge in [-0.1, -0.05) is 0 Å². The molecular formula is C6H13N3. The van der Waals surface area contributed by atoms with Crippen LogP contribution in [0.3, 0.4) is 0 Å². The number of aliphatic imine (C=N–C) groups is 1. The Morgan fingerprint density at radius 1 is 1.56 bits per heavy atom. The first kappa shape index (κ1) is 8.14. The molecular weight excluding hydrogens is 114 g/mol. The molecule has 0 bridgehead atoms. The Balaban J connectivity index is 3.62. The molecule has 3 heteroatoms. The molecule has 0 aromatic carbocycles. The normalized spacial score (nSPS) is 11.2. The zero-order chi connectivity index (χ0) is 7.28. The van der Waals surface area contributed by atoms with Gasteiger partial charge in [0.2, 0.25) is 0 Å². The van der Waals surface area contributed by atoms with Crippen LogP contribution in [0.15, 0.2) is 4.99 Å². The first-order chi connectivity index (χ1) is 4.16. The predicted octanol–water partition coefficient (Wildman–Crippen LogP) is 1.01. The van der Waals surface area contributed by atoms with E-state index in [9.17, 15) is 0 Å². The predicted molar refractivity (Wildman–Crippen MR) is 40.2 cm³/mol. The second kappa shape index (κ2) is 4.06. The van der Waals surface area contributed by atoms with E-state index in [1.807, 2.05) is 13.8 Å². The average molecular weight is 127 g/mol. The van der Waals surface area contributed by atoms with Crippen molar-refractivity contribution < 1.29 is 0 Å². The monoisotopic (exact) mass is 127 g/mol. The average Bonchev–Trinajstić information content (AvgIpc) is 1.63. The van der Waals surface area contributed by atoms with Crippen LogP contribution in [-0.4, -0.2) is 18.2 Å². The van der Waals surface area contributed by atoms with E-state index in [0.29, 0.717) is 5.84 Å². The summed E-state index contributed by atoms with van der Waals surface area (Å²) in [4.78, 5) is 4.03. The largest absolute Gasteiger partial charge is 0.333 e. The fourth-order valence-corrected chi connectivity index (χ4v) is 0.548. The van der Waals surface area contributed by atoms with Crippen molar-refractivity contribution in [1.29, 1.82) is 5.41 Å². The Morgan fingerprint density at radius 3 is 2.44 bits per heavy atom. The van der Waals surface area contributed by atoms with Crippen molar-refractivity contribution in [1.82, 2.24) is 5.32 Å². The van der Waals surface area contributed by atoms with Gasteiger partial charge in [-0.05, 0) is 20.8 Å². The van der Waals surface area contributed by atoms with Crippen molar-refractivity contribution >= 4 is 11.7 Å². The highest BCUT2D eigenvalue weighted by Crippen LogP contribution is 1.72. The van der Waals surface area contributed by atoms with E-state index >= 15 is 0 Å². The smallest absolute Gasteiger partial charge is 0.0984 e. The summed E-state index contributed by atoms with van der Waals surface area (Å²) in [5, 5.41) is 9.79. The van der Waals surface area contributed by atoms with Crippen molar-refractivity contribution in [2.75, 3.05) is 6.54 Å². The third-order valence-electron chi connectivity index (χ3n) is 0.764. The molecule has 0 atom stereocenters. The molecule has 0 rings (SSSR count). The van der Waals surface area contributed by atoms with Gasteiger partial charge in [0.1, 0.15) is 0 Å². The van der Waals surface area contributed by atoms with Gasteiger partial charge in [-0.3, -0.25) is 10.4 Å². The number of amidine groups is 2. The minimum absolute atomic E-state index is 0.435. The molecule has 2 N–H and O–H groups in total. The maximum absolute atomic E-state index is 7.01. The number of nitrogens with zero attached hydrogens (tertiary/aromatic N) is 1. The third kappa shape index (κ3) is 5.00. The molecule has 3 nitrogen and oxygen atoms in total. The van der Waals surface area contributed by atoms with Gasteiger partial charge >= 0.3 is 0 Å². The van der Waals surface area contributed by atoms with E-state index in [0.717, 1.165) is 12.4 Å². The number of hydrogen-bond donors (Lipinski definition) is 2. The topological polar surface area (TPSA) is 48.2 Å². The highest BCUT2D eigenvalue weighted by molar-refractivity contribution is 5.96. The van der Waals surface area contributed by atoms with Crippen LogP contribution in [0.25, 0.3) is 0 Å². The zero-order valence-electron chi connectivity index (χ0n) is 6.15. The van der Waals surface area contributed by atoms with Gasteiger partial charge < -0.3 is 5.32 Å². The third-order valence-corrected chi connectivity index (χ3v) is 0.764. The summed E-state index contributed by atoms with van der Waals surface area (Å²) in [5.74, 6) is 1.25. The van der Waals surface area contributed by atoms with Gasteiger partial charge in [0, 0.05) is 6.54 Å². The summed E-state index contributed by atoms with van der Waals surface area (Å²) >= 11 is 0. The van der Waals surface area contributed by atoms with Crippen molar-refractivity contribution in [3.8, 4) is 0 Å². The van der Waals surface area contributed by atoms with Crippen LogP contribution in [-0.2, 0) is 0 Å². The highest BCUT2D eigenvalue weighted by atomic mass is 15.0. The summed E-state index contributed by atoms with van der Waals surface area (Å²) < 4.78 is 0. The Hall–Kier alpha value is -0.860. The molecule has 0 aromatic heterocycles. The minimum atomic E-state index is 0.435. The fraction of sp³-hybridized carbons (Fsp3) is 0.667. The van der Waals surface area contributed by atoms with Crippen LogP contribution >= 0.6 is 0 Å². The van der Waals surface area contributed by atoms with Crippen LogP contribution in [0.4, 0.5) is 0 Å². The molecule has 0 unspecified atom stereocenters. The molecule has 52 valence electrons. The van der Waals surface area contributed by atoms with Crippen LogP contribution in [0.5, 0.6) is 0 Å². The second-order valence-electron chi connectivity index (χ2n) is 1.81. The maximum Gasteiger partial charge on any atom is 0.0984 e. The van der Waals surface area contributed by atoms with Gasteiger partial charge in [0.15, 0.2) is 0 Å². The first-order valence-corrected chi connectivity index (χ1v) is 3.00. The molecule has 0 amide bonds. The lowest BCUT2D eigenvalue weighted by molar-refractivity contribution is 1.09. The SMILES string of the molecule is CCN=C(C)NC(C)=N. The summed E-state index contributed by atoms with van der Waals surface area (Å²) in [6, 6.07) is 0. The lowest BCUT2D eigenvalue weighted by Crippen LogP contribution is -2.24. The van der Waals surface area contributed by atoms with Crippen molar-refractivity contribution in [2.24, 2.45) is 4.99 Å². The lowest BCUT2D eigenvalue weighted by atomic mass is 10.6. The van der Waals surface area contributed by atoms with Gasteiger partial charge in [-0.2, -0.15) is 0 Å². The van der Waals surface area contributed by atoms with Crippen LogP contribution in [0.1, 0.15) is 20.8 Å². The quantitative estimate of drug-likeness (QED) is 0.401. The second-order valence-corrected chi connectivity index (χ2v) is 1.81. The summed E-state index contributed by atoms with van der Waals surface area (Å²) in [6.07, 6.45) is 0. The van der Waals surface area contributed by atoms with Crippen LogP contribution in [0.2, 0.25) is 0 Å². The maximum atomic E-state index is 7.01. The zero-order valence-corrected chi connectivity index (χ0v) is 6.15. The summed E-state index contributed by atoms with van der Waals surface area (Å²) in [7, 11) is 0.